The van der Waals surface area contributed by atoms with Crippen LogP contribution in [0.5, 0.6) is 0 Å². The maximum absolute atomic E-state index is 12.4. The zero-order valence-corrected chi connectivity index (χ0v) is 15.5. The molecule has 0 radical (unpaired) electrons. The Morgan fingerprint density at radius 2 is 1.88 bits per heavy atom. The Morgan fingerprint density at radius 3 is 2.58 bits per heavy atom. The summed E-state index contributed by atoms with van der Waals surface area (Å²) in [6, 6.07) is 15.4. The second kappa shape index (κ2) is 7.36. The van der Waals surface area contributed by atoms with Crippen LogP contribution in [0.4, 0.5) is 0 Å². The zero-order chi connectivity index (χ0) is 18.7. The highest BCUT2D eigenvalue weighted by Gasteiger charge is 2.17. The van der Waals surface area contributed by atoms with Gasteiger partial charge >= 0.3 is 0 Å². The molecule has 0 saturated carbocycles. The average molecular weight is 387 g/mol. The highest BCUT2D eigenvalue weighted by Crippen LogP contribution is 2.24. The standard InChI is InChI=1S/C18H17N3O3S2/c1-12(14-8-5-9-15(10-14)26(19,23)24)20-17(22)16-11-25-18(21-16)13-6-3-2-4-7-13/h2-12H,1H3,(H,20,22)(H2,19,23,24). The Bertz CT molecular complexity index is 1030. The van der Waals surface area contributed by atoms with Crippen LogP contribution < -0.4 is 10.5 Å². The summed E-state index contributed by atoms with van der Waals surface area (Å²) in [4.78, 5) is 16.8. The first-order valence-corrected chi connectivity index (χ1v) is 10.2. The van der Waals surface area contributed by atoms with Gasteiger partial charge in [-0.05, 0) is 24.6 Å². The van der Waals surface area contributed by atoms with Gasteiger partial charge in [0, 0.05) is 10.9 Å². The van der Waals surface area contributed by atoms with Crippen molar-refractivity contribution in [1.29, 1.82) is 0 Å². The molecule has 3 N–H and O–H groups in total. The molecule has 134 valence electrons. The Labute approximate surface area is 155 Å². The average Bonchev–Trinajstić information content (AvgIpc) is 3.12. The number of sulfonamides is 1. The Kier molecular flexibility index (Phi) is 5.17. The molecule has 1 heterocycles. The minimum Gasteiger partial charge on any atom is -0.344 e. The first kappa shape index (κ1) is 18.2. The predicted octanol–water partition coefficient (Wildman–Crippen LogP) is 2.95. The number of thiazole rings is 1. The number of nitrogens with zero attached hydrogens (tertiary/aromatic N) is 1. The Hall–Kier alpha value is -2.55. The van der Waals surface area contributed by atoms with Crippen LogP contribution in [-0.4, -0.2) is 19.3 Å². The number of nitrogens with one attached hydrogen (secondary N) is 1. The molecule has 0 saturated heterocycles. The van der Waals surface area contributed by atoms with Gasteiger partial charge in [-0.15, -0.1) is 11.3 Å². The number of aromatic nitrogens is 1. The molecule has 0 spiro atoms. The molecule has 0 bridgehead atoms. The fourth-order valence-corrected chi connectivity index (χ4v) is 3.78. The van der Waals surface area contributed by atoms with Gasteiger partial charge < -0.3 is 5.32 Å². The van der Waals surface area contributed by atoms with Gasteiger partial charge in [0.1, 0.15) is 10.7 Å². The maximum atomic E-state index is 12.4. The normalized spacial score (nSPS) is 12.5. The number of primary sulfonamides is 1. The zero-order valence-electron chi connectivity index (χ0n) is 13.9. The third-order valence-corrected chi connectivity index (χ3v) is 5.59. The van der Waals surface area contributed by atoms with Gasteiger partial charge in [-0.3, -0.25) is 4.79 Å². The number of rotatable bonds is 5. The maximum Gasteiger partial charge on any atom is 0.271 e. The van der Waals surface area contributed by atoms with Crippen LogP contribution in [0, 0.1) is 0 Å². The van der Waals surface area contributed by atoms with Crippen LogP contribution in [0.15, 0.2) is 64.9 Å². The van der Waals surface area contributed by atoms with E-state index in [2.05, 4.69) is 10.3 Å². The SMILES string of the molecule is CC(NC(=O)c1csc(-c2ccccc2)n1)c1cccc(S(N)(=O)=O)c1. The number of amides is 1. The van der Waals surface area contributed by atoms with Crippen molar-refractivity contribution in [3.05, 3.63) is 71.2 Å². The highest BCUT2D eigenvalue weighted by atomic mass is 32.2. The minimum atomic E-state index is -3.79. The van der Waals surface area contributed by atoms with Crippen LogP contribution in [0.1, 0.15) is 29.0 Å². The second-order valence-corrected chi connectivity index (χ2v) is 8.14. The van der Waals surface area contributed by atoms with Gasteiger partial charge in [0.25, 0.3) is 5.91 Å². The summed E-state index contributed by atoms with van der Waals surface area (Å²) >= 11 is 1.39. The molecule has 0 aliphatic carbocycles. The number of carbonyl (C=O) groups is 1. The largest absolute Gasteiger partial charge is 0.344 e. The molecular weight excluding hydrogens is 370 g/mol. The second-order valence-electron chi connectivity index (χ2n) is 5.72. The van der Waals surface area contributed by atoms with Gasteiger partial charge in [-0.1, -0.05) is 42.5 Å². The highest BCUT2D eigenvalue weighted by molar-refractivity contribution is 7.89. The van der Waals surface area contributed by atoms with Crippen molar-refractivity contribution in [3.63, 3.8) is 0 Å². The monoisotopic (exact) mass is 387 g/mol. The topological polar surface area (TPSA) is 102 Å². The van der Waals surface area contributed by atoms with E-state index >= 15 is 0 Å². The van der Waals surface area contributed by atoms with E-state index in [0.29, 0.717) is 11.3 Å². The molecule has 0 aliphatic rings. The molecule has 1 atom stereocenters. The summed E-state index contributed by atoms with van der Waals surface area (Å²) in [7, 11) is -3.79. The van der Waals surface area contributed by atoms with Crippen molar-refractivity contribution in [2.75, 3.05) is 0 Å². The summed E-state index contributed by atoms with van der Waals surface area (Å²) in [6.45, 7) is 1.77. The molecule has 8 heteroatoms. The van der Waals surface area contributed by atoms with Crippen LogP contribution in [-0.2, 0) is 10.0 Å². The van der Waals surface area contributed by atoms with Crippen molar-refractivity contribution >= 4 is 27.3 Å². The van der Waals surface area contributed by atoms with Crippen LogP contribution in [0.25, 0.3) is 10.6 Å². The third-order valence-electron chi connectivity index (χ3n) is 3.79. The molecule has 26 heavy (non-hydrogen) atoms. The summed E-state index contributed by atoms with van der Waals surface area (Å²) in [5.41, 5.74) is 1.91. The lowest BCUT2D eigenvalue weighted by Crippen LogP contribution is -2.27. The molecule has 0 fully saturated rings. The van der Waals surface area contributed by atoms with E-state index in [4.69, 9.17) is 5.14 Å². The number of hydrogen-bond donors (Lipinski definition) is 2. The number of carbonyl (C=O) groups excluding carboxylic acids is 1. The van der Waals surface area contributed by atoms with Crippen molar-refractivity contribution in [2.45, 2.75) is 17.9 Å². The number of nitrogens with two attached hydrogens (primary N) is 1. The van der Waals surface area contributed by atoms with Gasteiger partial charge in [-0.2, -0.15) is 0 Å². The van der Waals surface area contributed by atoms with Gasteiger partial charge in [-0.25, -0.2) is 18.5 Å². The van der Waals surface area contributed by atoms with E-state index in [1.807, 2.05) is 30.3 Å². The summed E-state index contributed by atoms with van der Waals surface area (Å²) in [6.07, 6.45) is 0. The molecule has 6 nitrogen and oxygen atoms in total. The fourth-order valence-electron chi connectivity index (χ4n) is 2.41. The summed E-state index contributed by atoms with van der Waals surface area (Å²) in [5, 5.41) is 10.4. The van der Waals surface area contributed by atoms with Crippen LogP contribution >= 0.6 is 11.3 Å². The Morgan fingerprint density at radius 1 is 1.15 bits per heavy atom. The molecular formula is C18H17N3O3S2. The van der Waals surface area contributed by atoms with Crippen molar-refractivity contribution in [1.82, 2.24) is 10.3 Å². The molecule has 3 aromatic rings. The predicted molar refractivity (Wildman–Crippen MR) is 101 cm³/mol. The van der Waals surface area contributed by atoms with Crippen molar-refractivity contribution in [3.8, 4) is 10.6 Å². The quantitative estimate of drug-likeness (QED) is 0.702. The minimum absolute atomic E-state index is 0.0103. The van der Waals surface area contributed by atoms with Gasteiger partial charge in [0.05, 0.1) is 10.9 Å². The van der Waals surface area contributed by atoms with Crippen molar-refractivity contribution in [2.24, 2.45) is 5.14 Å². The molecule has 0 aliphatic heterocycles. The van der Waals surface area contributed by atoms with E-state index in [1.54, 1.807) is 24.4 Å². The lowest BCUT2D eigenvalue weighted by atomic mass is 10.1. The smallest absolute Gasteiger partial charge is 0.271 e. The molecule has 1 unspecified atom stereocenters. The first-order chi connectivity index (χ1) is 12.3. The van der Waals surface area contributed by atoms with E-state index < -0.39 is 16.1 Å². The lowest BCUT2D eigenvalue weighted by molar-refractivity contribution is 0.0935. The lowest BCUT2D eigenvalue weighted by Gasteiger charge is -2.14. The third kappa shape index (κ3) is 4.16. The molecule has 1 aromatic heterocycles. The number of hydrogen-bond acceptors (Lipinski definition) is 5. The number of benzene rings is 2. The van der Waals surface area contributed by atoms with Crippen molar-refractivity contribution < 1.29 is 13.2 Å². The van der Waals surface area contributed by atoms with Crippen LogP contribution in [0.2, 0.25) is 0 Å². The summed E-state index contributed by atoms with van der Waals surface area (Å²) in [5.74, 6) is -0.322. The first-order valence-electron chi connectivity index (χ1n) is 7.79. The summed E-state index contributed by atoms with van der Waals surface area (Å²) < 4.78 is 22.9. The molecule has 1 amide bonds. The fraction of sp³-hybridized carbons (Fsp3) is 0.111. The van der Waals surface area contributed by atoms with E-state index in [9.17, 15) is 13.2 Å². The van der Waals surface area contributed by atoms with Gasteiger partial charge in [0.15, 0.2) is 0 Å². The van der Waals surface area contributed by atoms with E-state index in [1.165, 1.54) is 23.5 Å². The molecule has 2 aromatic carbocycles. The Balaban J connectivity index is 1.75. The van der Waals surface area contributed by atoms with Gasteiger partial charge in [0.2, 0.25) is 10.0 Å². The van der Waals surface area contributed by atoms with E-state index in [0.717, 1.165) is 10.6 Å². The molecule has 3 rings (SSSR count). The van der Waals surface area contributed by atoms with Crippen LogP contribution in [0.3, 0.4) is 0 Å². The van der Waals surface area contributed by atoms with E-state index in [-0.39, 0.29) is 10.8 Å².